The molecule has 0 fully saturated rings. The predicted molar refractivity (Wildman–Crippen MR) is 89.1 cm³/mol. The first kappa shape index (κ1) is 15.1. The Morgan fingerprint density at radius 3 is 2.78 bits per heavy atom. The lowest BCUT2D eigenvalue weighted by atomic mass is 9.90. The molecule has 0 atom stereocenters. The maximum atomic E-state index is 11.2. The zero-order valence-corrected chi connectivity index (χ0v) is 13.4. The van der Waals surface area contributed by atoms with Crippen molar-refractivity contribution >= 4 is 23.4 Å². The van der Waals surface area contributed by atoms with E-state index in [1.54, 1.807) is 16.9 Å². The van der Waals surface area contributed by atoms with Crippen molar-refractivity contribution in [3.8, 4) is 0 Å². The van der Waals surface area contributed by atoms with Crippen molar-refractivity contribution in [1.82, 2.24) is 19.6 Å². The summed E-state index contributed by atoms with van der Waals surface area (Å²) in [6.07, 6.45) is 6.57. The minimum atomic E-state index is 0.0955. The van der Waals surface area contributed by atoms with Gasteiger partial charge in [0.1, 0.15) is 5.82 Å². The standard InChI is InChI=1S/C17H19N5O/c1-17(2,3)8-14-7-15(20-13-5-4-6-18-10-13)22-16(21-14)12(11-23)9-19-22/h4-7,9-11,20H,8H2,1-3H3. The fraction of sp³-hybridized carbons (Fsp3) is 0.294. The van der Waals surface area contributed by atoms with Crippen molar-refractivity contribution in [2.24, 2.45) is 5.41 Å². The van der Waals surface area contributed by atoms with Gasteiger partial charge in [-0.3, -0.25) is 9.78 Å². The number of fused-ring (bicyclic) bond motifs is 1. The van der Waals surface area contributed by atoms with Gasteiger partial charge in [-0.2, -0.15) is 9.61 Å². The molecule has 0 aliphatic heterocycles. The zero-order valence-electron chi connectivity index (χ0n) is 13.4. The van der Waals surface area contributed by atoms with E-state index in [1.807, 2.05) is 18.2 Å². The zero-order chi connectivity index (χ0) is 16.4. The van der Waals surface area contributed by atoms with Gasteiger partial charge < -0.3 is 5.32 Å². The molecule has 6 nitrogen and oxygen atoms in total. The third kappa shape index (κ3) is 3.36. The monoisotopic (exact) mass is 309 g/mol. The van der Waals surface area contributed by atoms with E-state index in [-0.39, 0.29) is 5.41 Å². The average molecular weight is 309 g/mol. The first-order chi connectivity index (χ1) is 11.0. The number of nitrogens with one attached hydrogen (secondary N) is 1. The Balaban J connectivity index is 2.10. The van der Waals surface area contributed by atoms with Gasteiger partial charge in [0.15, 0.2) is 11.9 Å². The van der Waals surface area contributed by atoms with Crippen LogP contribution in [0.2, 0.25) is 0 Å². The molecule has 0 unspecified atom stereocenters. The van der Waals surface area contributed by atoms with Crippen LogP contribution in [0.3, 0.4) is 0 Å². The summed E-state index contributed by atoms with van der Waals surface area (Å²) in [6, 6.07) is 5.75. The van der Waals surface area contributed by atoms with Crippen LogP contribution in [-0.4, -0.2) is 25.9 Å². The summed E-state index contributed by atoms with van der Waals surface area (Å²) >= 11 is 0. The topological polar surface area (TPSA) is 72.2 Å². The van der Waals surface area contributed by atoms with Gasteiger partial charge in [0.2, 0.25) is 0 Å². The second kappa shape index (κ2) is 5.79. The van der Waals surface area contributed by atoms with Crippen LogP contribution in [0.25, 0.3) is 5.65 Å². The van der Waals surface area contributed by atoms with Crippen molar-refractivity contribution in [1.29, 1.82) is 0 Å². The van der Waals surface area contributed by atoms with Gasteiger partial charge in [-0.1, -0.05) is 20.8 Å². The molecular formula is C17H19N5O. The van der Waals surface area contributed by atoms with Crippen molar-refractivity contribution in [3.63, 3.8) is 0 Å². The highest BCUT2D eigenvalue weighted by atomic mass is 16.1. The molecule has 3 aromatic rings. The molecule has 0 aromatic carbocycles. The van der Waals surface area contributed by atoms with E-state index in [1.165, 1.54) is 6.20 Å². The Kier molecular flexibility index (Phi) is 3.82. The second-order valence-electron chi connectivity index (χ2n) is 6.69. The predicted octanol–water partition coefficient (Wildman–Crippen LogP) is 3.27. The van der Waals surface area contributed by atoms with E-state index >= 15 is 0 Å². The highest BCUT2D eigenvalue weighted by Crippen LogP contribution is 2.24. The number of hydrogen-bond acceptors (Lipinski definition) is 5. The van der Waals surface area contributed by atoms with Gasteiger partial charge >= 0.3 is 0 Å². The normalized spacial score (nSPS) is 11.6. The maximum Gasteiger partial charge on any atom is 0.168 e. The molecule has 0 radical (unpaired) electrons. The van der Waals surface area contributed by atoms with E-state index < -0.39 is 0 Å². The van der Waals surface area contributed by atoms with Gasteiger partial charge in [-0.05, 0) is 24.0 Å². The molecule has 3 heterocycles. The smallest absolute Gasteiger partial charge is 0.168 e. The van der Waals surface area contributed by atoms with Crippen molar-refractivity contribution < 1.29 is 4.79 Å². The summed E-state index contributed by atoms with van der Waals surface area (Å²) in [5.74, 6) is 0.760. The van der Waals surface area contributed by atoms with Gasteiger partial charge in [0.05, 0.1) is 23.6 Å². The molecular weight excluding hydrogens is 290 g/mol. The molecule has 0 saturated carbocycles. The number of rotatable bonds is 4. The van der Waals surface area contributed by atoms with Crippen LogP contribution in [-0.2, 0) is 6.42 Å². The van der Waals surface area contributed by atoms with Crippen LogP contribution in [0.1, 0.15) is 36.8 Å². The van der Waals surface area contributed by atoms with E-state index in [2.05, 4.69) is 41.2 Å². The molecule has 0 amide bonds. The lowest BCUT2D eigenvalue weighted by Crippen LogP contribution is -2.12. The summed E-state index contributed by atoms with van der Waals surface area (Å²) in [7, 11) is 0. The van der Waals surface area contributed by atoms with E-state index in [0.717, 1.165) is 29.9 Å². The summed E-state index contributed by atoms with van der Waals surface area (Å²) < 4.78 is 1.64. The molecule has 0 bridgehead atoms. The van der Waals surface area contributed by atoms with Crippen LogP contribution in [0.4, 0.5) is 11.5 Å². The fourth-order valence-electron chi connectivity index (χ4n) is 2.42. The van der Waals surface area contributed by atoms with Gasteiger partial charge in [-0.15, -0.1) is 0 Å². The Hall–Kier alpha value is -2.76. The number of nitrogens with zero attached hydrogens (tertiary/aromatic N) is 4. The molecule has 23 heavy (non-hydrogen) atoms. The SMILES string of the molecule is CC(C)(C)Cc1cc(Nc2cccnc2)n2ncc(C=O)c2n1. The van der Waals surface area contributed by atoms with Crippen LogP contribution < -0.4 is 5.32 Å². The fourth-order valence-corrected chi connectivity index (χ4v) is 2.42. The first-order valence-corrected chi connectivity index (χ1v) is 7.46. The number of aromatic nitrogens is 4. The molecule has 3 aromatic heterocycles. The van der Waals surface area contributed by atoms with Gasteiger partial charge in [0.25, 0.3) is 0 Å². The number of carbonyl (C=O) groups excluding carboxylic acids is 1. The maximum absolute atomic E-state index is 11.2. The average Bonchev–Trinajstić information content (AvgIpc) is 2.90. The van der Waals surface area contributed by atoms with E-state index in [4.69, 9.17) is 0 Å². The van der Waals surface area contributed by atoms with Gasteiger partial charge in [0, 0.05) is 18.0 Å². The lowest BCUT2D eigenvalue weighted by molar-refractivity contribution is 0.112. The summed E-state index contributed by atoms with van der Waals surface area (Å²) in [5.41, 5.74) is 2.91. The minimum Gasteiger partial charge on any atom is -0.339 e. The number of hydrogen-bond donors (Lipinski definition) is 1. The molecule has 0 aliphatic rings. The molecule has 0 spiro atoms. The number of aldehydes is 1. The van der Waals surface area contributed by atoms with Crippen LogP contribution in [0, 0.1) is 5.41 Å². The summed E-state index contributed by atoms with van der Waals surface area (Å²) in [6.45, 7) is 6.47. The molecule has 118 valence electrons. The Bertz CT molecular complexity index is 833. The largest absolute Gasteiger partial charge is 0.339 e. The highest BCUT2D eigenvalue weighted by Gasteiger charge is 2.16. The summed E-state index contributed by atoms with van der Waals surface area (Å²) in [4.78, 5) is 19.9. The quantitative estimate of drug-likeness (QED) is 0.749. The first-order valence-electron chi connectivity index (χ1n) is 7.46. The molecule has 0 aliphatic carbocycles. The molecule has 3 rings (SSSR count). The Morgan fingerprint density at radius 1 is 1.30 bits per heavy atom. The highest BCUT2D eigenvalue weighted by molar-refractivity contribution is 5.84. The van der Waals surface area contributed by atoms with E-state index in [9.17, 15) is 4.79 Å². The number of carbonyl (C=O) groups is 1. The van der Waals surface area contributed by atoms with Crippen LogP contribution in [0.5, 0.6) is 0 Å². The van der Waals surface area contributed by atoms with Crippen LogP contribution in [0.15, 0.2) is 36.8 Å². The number of pyridine rings is 1. The molecule has 6 heteroatoms. The summed E-state index contributed by atoms with van der Waals surface area (Å²) in [5, 5.41) is 7.56. The third-order valence-electron chi connectivity index (χ3n) is 3.32. The van der Waals surface area contributed by atoms with Gasteiger partial charge in [-0.25, -0.2) is 4.98 Å². The van der Waals surface area contributed by atoms with Crippen molar-refractivity contribution in [2.45, 2.75) is 27.2 Å². The number of anilines is 2. The van der Waals surface area contributed by atoms with Crippen molar-refractivity contribution in [2.75, 3.05) is 5.32 Å². The second-order valence-corrected chi connectivity index (χ2v) is 6.69. The Morgan fingerprint density at radius 2 is 2.13 bits per heavy atom. The van der Waals surface area contributed by atoms with Crippen molar-refractivity contribution in [3.05, 3.63) is 48.0 Å². The third-order valence-corrected chi connectivity index (χ3v) is 3.32. The lowest BCUT2D eigenvalue weighted by Gasteiger charge is -2.18. The molecule has 0 saturated heterocycles. The van der Waals surface area contributed by atoms with Crippen LogP contribution >= 0.6 is 0 Å². The Labute approximate surface area is 134 Å². The minimum absolute atomic E-state index is 0.0955. The molecule has 1 N–H and O–H groups in total. The van der Waals surface area contributed by atoms with E-state index in [0.29, 0.717) is 11.2 Å².